The number of nitrogens with zero attached hydrogens (tertiary/aromatic N) is 1. The van der Waals surface area contributed by atoms with Crippen LogP contribution in [0.2, 0.25) is 0 Å². The van der Waals surface area contributed by atoms with Gasteiger partial charge in [-0.05, 0) is 43.5 Å². The van der Waals surface area contributed by atoms with Crippen LogP contribution in [0.1, 0.15) is 26.3 Å². The van der Waals surface area contributed by atoms with Gasteiger partial charge in [0.2, 0.25) is 0 Å². The topological polar surface area (TPSA) is 15.3 Å². The molecule has 18 heavy (non-hydrogen) atoms. The fraction of sp³-hybridized carbons (Fsp3) is 0.600. The molecule has 1 fully saturated rings. The Bertz CT molecular complexity index is 417. The Labute approximate surface area is 109 Å². The standard InChI is InChI=1S/C15H23FN2/c1-10(2)15-9-18(12(4)8-17-15)13-5-6-14(16)11(3)7-13/h5-7,10,12,15,17H,8-9H2,1-4H3. The molecule has 2 atom stereocenters. The number of rotatable bonds is 2. The minimum absolute atomic E-state index is 0.123. The number of anilines is 1. The Balaban J connectivity index is 2.21. The van der Waals surface area contributed by atoms with E-state index in [0.717, 1.165) is 24.3 Å². The van der Waals surface area contributed by atoms with Gasteiger partial charge >= 0.3 is 0 Å². The van der Waals surface area contributed by atoms with E-state index < -0.39 is 0 Å². The molecule has 1 aliphatic rings. The van der Waals surface area contributed by atoms with Gasteiger partial charge in [-0.3, -0.25) is 0 Å². The highest BCUT2D eigenvalue weighted by atomic mass is 19.1. The average molecular weight is 250 g/mol. The normalized spacial score (nSPS) is 24.7. The molecular formula is C15H23FN2. The molecular weight excluding hydrogens is 227 g/mol. The molecule has 1 N–H and O–H groups in total. The van der Waals surface area contributed by atoms with Crippen molar-refractivity contribution in [2.45, 2.75) is 39.8 Å². The second-order valence-electron chi connectivity index (χ2n) is 5.69. The zero-order valence-corrected chi connectivity index (χ0v) is 11.7. The molecule has 1 heterocycles. The van der Waals surface area contributed by atoms with Crippen LogP contribution < -0.4 is 10.2 Å². The van der Waals surface area contributed by atoms with Gasteiger partial charge in [-0.1, -0.05) is 13.8 Å². The molecule has 3 heteroatoms. The van der Waals surface area contributed by atoms with Gasteiger partial charge in [0, 0.05) is 30.9 Å². The van der Waals surface area contributed by atoms with Crippen LogP contribution in [0.4, 0.5) is 10.1 Å². The summed E-state index contributed by atoms with van der Waals surface area (Å²) in [7, 11) is 0. The summed E-state index contributed by atoms with van der Waals surface area (Å²) in [4.78, 5) is 2.38. The van der Waals surface area contributed by atoms with Crippen LogP contribution in [0.5, 0.6) is 0 Å². The average Bonchev–Trinajstić information content (AvgIpc) is 2.33. The summed E-state index contributed by atoms with van der Waals surface area (Å²) in [5, 5.41) is 3.58. The van der Waals surface area contributed by atoms with Crippen molar-refractivity contribution < 1.29 is 4.39 Å². The molecule has 1 aromatic rings. The lowest BCUT2D eigenvalue weighted by molar-refractivity contribution is 0.337. The van der Waals surface area contributed by atoms with Gasteiger partial charge in [0.1, 0.15) is 5.82 Å². The zero-order valence-electron chi connectivity index (χ0n) is 11.7. The summed E-state index contributed by atoms with van der Waals surface area (Å²) < 4.78 is 13.3. The summed E-state index contributed by atoms with van der Waals surface area (Å²) in [6.07, 6.45) is 0. The van der Waals surface area contributed by atoms with Gasteiger partial charge in [0.15, 0.2) is 0 Å². The van der Waals surface area contributed by atoms with Gasteiger partial charge in [0.05, 0.1) is 0 Å². The lowest BCUT2D eigenvalue weighted by Crippen LogP contribution is -2.57. The molecule has 1 aromatic carbocycles. The van der Waals surface area contributed by atoms with E-state index in [9.17, 15) is 4.39 Å². The van der Waals surface area contributed by atoms with E-state index in [-0.39, 0.29) is 5.82 Å². The van der Waals surface area contributed by atoms with Crippen molar-refractivity contribution in [1.82, 2.24) is 5.32 Å². The van der Waals surface area contributed by atoms with Crippen LogP contribution in [0.15, 0.2) is 18.2 Å². The summed E-state index contributed by atoms with van der Waals surface area (Å²) in [5.74, 6) is 0.489. The third-order valence-electron chi connectivity index (χ3n) is 3.88. The van der Waals surface area contributed by atoms with E-state index in [0.29, 0.717) is 18.0 Å². The summed E-state index contributed by atoms with van der Waals surface area (Å²) in [6, 6.07) is 6.37. The Kier molecular flexibility index (Phi) is 3.91. The zero-order chi connectivity index (χ0) is 13.3. The molecule has 0 aromatic heterocycles. The number of hydrogen-bond donors (Lipinski definition) is 1. The maximum absolute atomic E-state index is 13.3. The van der Waals surface area contributed by atoms with E-state index in [1.54, 1.807) is 6.07 Å². The van der Waals surface area contributed by atoms with Gasteiger partial charge in [-0.15, -0.1) is 0 Å². The Morgan fingerprint density at radius 1 is 1.39 bits per heavy atom. The van der Waals surface area contributed by atoms with Crippen LogP contribution in [-0.4, -0.2) is 25.2 Å². The van der Waals surface area contributed by atoms with E-state index in [2.05, 4.69) is 31.0 Å². The first-order valence-electron chi connectivity index (χ1n) is 6.75. The lowest BCUT2D eigenvalue weighted by Gasteiger charge is -2.42. The molecule has 0 spiro atoms. The first-order chi connectivity index (χ1) is 8.49. The van der Waals surface area contributed by atoms with Crippen LogP contribution in [0.25, 0.3) is 0 Å². The van der Waals surface area contributed by atoms with Gasteiger partial charge in [0.25, 0.3) is 0 Å². The highest BCUT2D eigenvalue weighted by Gasteiger charge is 2.26. The third-order valence-corrected chi connectivity index (χ3v) is 3.88. The fourth-order valence-corrected chi connectivity index (χ4v) is 2.50. The first-order valence-corrected chi connectivity index (χ1v) is 6.75. The summed E-state index contributed by atoms with van der Waals surface area (Å²) in [5.41, 5.74) is 1.85. The molecule has 0 amide bonds. The van der Waals surface area contributed by atoms with E-state index in [1.165, 1.54) is 0 Å². The Morgan fingerprint density at radius 2 is 2.11 bits per heavy atom. The molecule has 0 saturated carbocycles. The molecule has 2 nitrogen and oxygen atoms in total. The minimum Gasteiger partial charge on any atom is -0.366 e. The van der Waals surface area contributed by atoms with E-state index in [1.807, 2.05) is 19.1 Å². The maximum atomic E-state index is 13.3. The van der Waals surface area contributed by atoms with E-state index in [4.69, 9.17) is 0 Å². The molecule has 1 aliphatic heterocycles. The van der Waals surface area contributed by atoms with Crippen molar-refractivity contribution in [3.8, 4) is 0 Å². The van der Waals surface area contributed by atoms with Gasteiger partial charge < -0.3 is 10.2 Å². The van der Waals surface area contributed by atoms with Gasteiger partial charge in [-0.2, -0.15) is 0 Å². The van der Waals surface area contributed by atoms with Crippen LogP contribution in [0, 0.1) is 18.7 Å². The molecule has 1 saturated heterocycles. The van der Waals surface area contributed by atoms with Crippen LogP contribution in [0.3, 0.4) is 0 Å². The highest BCUT2D eigenvalue weighted by molar-refractivity contribution is 5.50. The first kappa shape index (κ1) is 13.3. The molecule has 0 radical (unpaired) electrons. The van der Waals surface area contributed by atoms with Crippen molar-refractivity contribution in [2.75, 3.05) is 18.0 Å². The molecule has 2 rings (SSSR count). The number of benzene rings is 1. The summed E-state index contributed by atoms with van der Waals surface area (Å²) >= 11 is 0. The van der Waals surface area contributed by atoms with Gasteiger partial charge in [-0.25, -0.2) is 4.39 Å². The minimum atomic E-state index is -0.123. The van der Waals surface area contributed by atoms with Crippen molar-refractivity contribution in [1.29, 1.82) is 0 Å². The summed E-state index contributed by atoms with van der Waals surface area (Å²) in [6.45, 7) is 10.5. The van der Waals surface area contributed by atoms with Crippen molar-refractivity contribution in [2.24, 2.45) is 5.92 Å². The van der Waals surface area contributed by atoms with Crippen LogP contribution in [-0.2, 0) is 0 Å². The van der Waals surface area contributed by atoms with E-state index >= 15 is 0 Å². The second-order valence-corrected chi connectivity index (χ2v) is 5.69. The quantitative estimate of drug-likeness (QED) is 0.868. The number of halogens is 1. The Hall–Kier alpha value is -1.09. The Morgan fingerprint density at radius 3 is 2.72 bits per heavy atom. The maximum Gasteiger partial charge on any atom is 0.126 e. The predicted octanol–water partition coefficient (Wildman–Crippen LogP) is 2.96. The molecule has 0 bridgehead atoms. The number of aryl methyl sites for hydroxylation is 1. The molecule has 0 aliphatic carbocycles. The van der Waals surface area contributed by atoms with Crippen molar-refractivity contribution in [3.05, 3.63) is 29.6 Å². The molecule has 2 unspecified atom stereocenters. The fourth-order valence-electron chi connectivity index (χ4n) is 2.50. The van der Waals surface area contributed by atoms with Crippen LogP contribution >= 0.6 is 0 Å². The smallest absolute Gasteiger partial charge is 0.126 e. The van der Waals surface area contributed by atoms with Crippen molar-refractivity contribution >= 4 is 5.69 Å². The largest absolute Gasteiger partial charge is 0.366 e. The highest BCUT2D eigenvalue weighted by Crippen LogP contribution is 2.23. The number of hydrogen-bond acceptors (Lipinski definition) is 2. The molecule has 100 valence electrons. The van der Waals surface area contributed by atoms with Crippen molar-refractivity contribution in [3.63, 3.8) is 0 Å². The second kappa shape index (κ2) is 5.27. The monoisotopic (exact) mass is 250 g/mol. The third kappa shape index (κ3) is 2.66. The number of nitrogens with one attached hydrogen (secondary N) is 1. The lowest BCUT2D eigenvalue weighted by atomic mass is 9.99. The number of piperazine rings is 1. The SMILES string of the molecule is Cc1cc(N2CC(C(C)C)NCC2C)ccc1F. The predicted molar refractivity (Wildman–Crippen MR) is 74.6 cm³/mol.